The summed E-state index contributed by atoms with van der Waals surface area (Å²) >= 11 is 0. The Morgan fingerprint density at radius 2 is 2.00 bits per heavy atom. The Balaban J connectivity index is 1.99. The SMILES string of the molecule is CC(=O)N[C@H]1CCCC[C@H]1N(CCN)C1CC1. The summed E-state index contributed by atoms with van der Waals surface area (Å²) in [6.45, 7) is 3.32. The van der Waals surface area contributed by atoms with Crippen LogP contribution in [-0.4, -0.2) is 42.0 Å². The number of nitrogens with zero attached hydrogens (tertiary/aromatic N) is 1. The largest absolute Gasteiger partial charge is 0.352 e. The van der Waals surface area contributed by atoms with E-state index in [4.69, 9.17) is 5.73 Å². The second kappa shape index (κ2) is 5.83. The molecule has 2 aliphatic rings. The van der Waals surface area contributed by atoms with Crippen molar-refractivity contribution in [2.75, 3.05) is 13.1 Å². The standard InChI is InChI=1S/C13H25N3O/c1-10(17)15-12-4-2-3-5-13(12)16(9-8-14)11-6-7-11/h11-13H,2-9,14H2,1H3,(H,15,17)/t12-,13+/m0/s1. The first-order valence-electron chi connectivity index (χ1n) is 6.95. The highest BCUT2D eigenvalue weighted by Crippen LogP contribution is 2.33. The monoisotopic (exact) mass is 239 g/mol. The summed E-state index contributed by atoms with van der Waals surface area (Å²) in [6, 6.07) is 1.59. The maximum atomic E-state index is 11.3. The van der Waals surface area contributed by atoms with Crippen molar-refractivity contribution in [3.05, 3.63) is 0 Å². The van der Waals surface area contributed by atoms with Gasteiger partial charge in [-0.1, -0.05) is 12.8 Å². The number of rotatable bonds is 5. The van der Waals surface area contributed by atoms with Crippen molar-refractivity contribution < 1.29 is 4.79 Å². The molecule has 1 amide bonds. The van der Waals surface area contributed by atoms with Gasteiger partial charge in [0.05, 0.1) is 0 Å². The van der Waals surface area contributed by atoms with Gasteiger partial charge in [0.15, 0.2) is 0 Å². The van der Waals surface area contributed by atoms with Crippen LogP contribution in [0.25, 0.3) is 0 Å². The van der Waals surface area contributed by atoms with Crippen LogP contribution in [0.1, 0.15) is 45.4 Å². The Morgan fingerprint density at radius 1 is 1.29 bits per heavy atom. The lowest BCUT2D eigenvalue weighted by Gasteiger charge is -2.40. The third kappa shape index (κ3) is 3.42. The molecule has 0 bridgehead atoms. The Bertz CT molecular complexity index is 265. The van der Waals surface area contributed by atoms with E-state index < -0.39 is 0 Å². The van der Waals surface area contributed by atoms with Crippen molar-refractivity contribution in [3.63, 3.8) is 0 Å². The molecule has 0 saturated heterocycles. The second-order valence-corrected chi connectivity index (χ2v) is 5.42. The fraction of sp³-hybridized carbons (Fsp3) is 0.923. The Morgan fingerprint density at radius 3 is 2.59 bits per heavy atom. The highest BCUT2D eigenvalue weighted by Gasteiger charge is 2.38. The lowest BCUT2D eigenvalue weighted by molar-refractivity contribution is -0.120. The molecule has 2 fully saturated rings. The smallest absolute Gasteiger partial charge is 0.217 e. The van der Waals surface area contributed by atoms with Crippen LogP contribution < -0.4 is 11.1 Å². The van der Waals surface area contributed by atoms with Crippen LogP contribution >= 0.6 is 0 Å². The van der Waals surface area contributed by atoms with Crippen molar-refractivity contribution >= 4 is 5.91 Å². The topological polar surface area (TPSA) is 58.4 Å². The van der Waals surface area contributed by atoms with Gasteiger partial charge in [0.25, 0.3) is 0 Å². The Labute approximate surface area is 104 Å². The molecule has 0 aliphatic heterocycles. The van der Waals surface area contributed by atoms with E-state index in [0.717, 1.165) is 25.6 Å². The molecule has 2 saturated carbocycles. The van der Waals surface area contributed by atoms with Gasteiger partial charge in [0.1, 0.15) is 0 Å². The second-order valence-electron chi connectivity index (χ2n) is 5.42. The molecule has 98 valence electrons. The van der Waals surface area contributed by atoms with Gasteiger partial charge in [-0.2, -0.15) is 0 Å². The van der Waals surface area contributed by atoms with E-state index in [2.05, 4.69) is 10.2 Å². The molecule has 0 aromatic rings. The Hall–Kier alpha value is -0.610. The van der Waals surface area contributed by atoms with Gasteiger partial charge < -0.3 is 11.1 Å². The molecule has 0 aromatic heterocycles. The summed E-state index contributed by atoms with van der Waals surface area (Å²) < 4.78 is 0. The molecule has 0 radical (unpaired) electrons. The van der Waals surface area contributed by atoms with E-state index in [1.54, 1.807) is 6.92 Å². The predicted octanol–water partition coefficient (Wildman–Crippen LogP) is 0.857. The molecule has 4 nitrogen and oxygen atoms in total. The van der Waals surface area contributed by atoms with Crippen molar-refractivity contribution in [3.8, 4) is 0 Å². The highest BCUT2D eigenvalue weighted by molar-refractivity contribution is 5.73. The van der Waals surface area contributed by atoms with Gasteiger partial charge in [-0.25, -0.2) is 0 Å². The van der Waals surface area contributed by atoms with Crippen LogP contribution in [0.4, 0.5) is 0 Å². The maximum absolute atomic E-state index is 11.3. The quantitative estimate of drug-likeness (QED) is 0.748. The number of nitrogens with two attached hydrogens (primary N) is 1. The highest BCUT2D eigenvalue weighted by atomic mass is 16.1. The first kappa shape index (κ1) is 12.8. The van der Waals surface area contributed by atoms with Gasteiger partial charge in [0, 0.05) is 38.1 Å². The van der Waals surface area contributed by atoms with Gasteiger partial charge in [-0.05, 0) is 25.7 Å². The van der Waals surface area contributed by atoms with Crippen LogP contribution in [-0.2, 0) is 4.79 Å². The lowest BCUT2D eigenvalue weighted by atomic mass is 9.88. The predicted molar refractivity (Wildman–Crippen MR) is 68.6 cm³/mol. The van der Waals surface area contributed by atoms with Crippen LogP contribution in [0.5, 0.6) is 0 Å². The summed E-state index contributed by atoms with van der Waals surface area (Å²) in [4.78, 5) is 13.8. The van der Waals surface area contributed by atoms with Gasteiger partial charge in [0.2, 0.25) is 5.91 Å². The summed E-state index contributed by atoms with van der Waals surface area (Å²) in [5.74, 6) is 0.102. The lowest BCUT2D eigenvalue weighted by Crippen LogP contribution is -2.54. The normalized spacial score (nSPS) is 29.4. The first-order chi connectivity index (χ1) is 8.22. The Kier molecular flexibility index (Phi) is 4.40. The number of hydrogen-bond acceptors (Lipinski definition) is 3. The summed E-state index contributed by atoms with van der Waals surface area (Å²) in [5, 5.41) is 3.13. The molecular formula is C13H25N3O. The molecular weight excluding hydrogens is 214 g/mol. The van der Waals surface area contributed by atoms with Crippen LogP contribution in [0, 0.1) is 0 Å². The van der Waals surface area contributed by atoms with E-state index >= 15 is 0 Å². The number of hydrogen-bond donors (Lipinski definition) is 2. The van der Waals surface area contributed by atoms with E-state index in [-0.39, 0.29) is 5.91 Å². The molecule has 0 aromatic carbocycles. The van der Waals surface area contributed by atoms with Crippen molar-refractivity contribution in [1.82, 2.24) is 10.2 Å². The maximum Gasteiger partial charge on any atom is 0.217 e. The van der Waals surface area contributed by atoms with Crippen LogP contribution in [0.15, 0.2) is 0 Å². The molecule has 3 N–H and O–H groups in total. The number of carbonyl (C=O) groups is 1. The zero-order valence-electron chi connectivity index (χ0n) is 10.8. The zero-order chi connectivity index (χ0) is 12.3. The van der Waals surface area contributed by atoms with Crippen molar-refractivity contribution in [1.29, 1.82) is 0 Å². The average molecular weight is 239 g/mol. The molecule has 0 heterocycles. The summed E-state index contributed by atoms with van der Waals surface area (Å²) in [5.41, 5.74) is 5.72. The number of carbonyl (C=O) groups excluding carboxylic acids is 1. The van der Waals surface area contributed by atoms with Crippen LogP contribution in [0.2, 0.25) is 0 Å². The first-order valence-corrected chi connectivity index (χ1v) is 6.95. The van der Waals surface area contributed by atoms with E-state index in [0.29, 0.717) is 12.1 Å². The average Bonchev–Trinajstić information content (AvgIpc) is 3.10. The number of nitrogens with one attached hydrogen (secondary N) is 1. The van der Waals surface area contributed by atoms with Gasteiger partial charge >= 0.3 is 0 Å². The molecule has 0 unspecified atom stereocenters. The van der Waals surface area contributed by atoms with E-state index in [1.807, 2.05) is 0 Å². The summed E-state index contributed by atoms with van der Waals surface area (Å²) in [7, 11) is 0. The molecule has 2 aliphatic carbocycles. The van der Waals surface area contributed by atoms with Crippen molar-refractivity contribution in [2.45, 2.75) is 63.6 Å². The molecule has 2 rings (SSSR count). The third-order valence-corrected chi connectivity index (χ3v) is 3.95. The molecule has 0 spiro atoms. The molecule has 17 heavy (non-hydrogen) atoms. The minimum absolute atomic E-state index is 0.102. The minimum atomic E-state index is 0.102. The molecule has 2 atom stereocenters. The summed E-state index contributed by atoms with van der Waals surface area (Å²) in [6.07, 6.45) is 7.48. The van der Waals surface area contributed by atoms with Crippen LogP contribution in [0.3, 0.4) is 0 Å². The zero-order valence-corrected chi connectivity index (χ0v) is 10.8. The fourth-order valence-electron chi connectivity index (χ4n) is 3.11. The molecule has 4 heteroatoms. The number of amides is 1. The third-order valence-electron chi connectivity index (χ3n) is 3.95. The fourth-order valence-corrected chi connectivity index (χ4v) is 3.11. The van der Waals surface area contributed by atoms with E-state index in [1.165, 1.54) is 32.1 Å². The van der Waals surface area contributed by atoms with Gasteiger partial charge in [-0.3, -0.25) is 9.69 Å². The van der Waals surface area contributed by atoms with Crippen molar-refractivity contribution in [2.24, 2.45) is 5.73 Å². The van der Waals surface area contributed by atoms with E-state index in [9.17, 15) is 4.79 Å². The minimum Gasteiger partial charge on any atom is -0.352 e. The van der Waals surface area contributed by atoms with Gasteiger partial charge in [-0.15, -0.1) is 0 Å².